The summed E-state index contributed by atoms with van der Waals surface area (Å²) in [4.78, 5) is 24.6. The van der Waals surface area contributed by atoms with Gasteiger partial charge in [-0.1, -0.05) is 35.0 Å². The van der Waals surface area contributed by atoms with E-state index >= 15 is 0 Å². The zero-order chi connectivity index (χ0) is 25.2. The van der Waals surface area contributed by atoms with Crippen molar-refractivity contribution < 1.29 is 18.8 Å². The molecule has 3 aliphatic rings. The first-order valence-electron chi connectivity index (χ1n) is 12.8. The summed E-state index contributed by atoms with van der Waals surface area (Å²) in [5, 5.41) is 4.70. The van der Waals surface area contributed by atoms with Crippen molar-refractivity contribution >= 4 is 17.5 Å². The minimum Gasteiger partial charge on any atom is -0.454 e. The van der Waals surface area contributed by atoms with Crippen LogP contribution >= 0.6 is 11.6 Å². The average molecular weight is 524 g/mol. The van der Waals surface area contributed by atoms with Gasteiger partial charge >= 0.3 is 0 Å². The lowest BCUT2D eigenvalue weighted by atomic mass is 9.96. The lowest BCUT2D eigenvalue weighted by Crippen LogP contribution is -2.52. The van der Waals surface area contributed by atoms with Crippen molar-refractivity contribution in [2.24, 2.45) is 5.92 Å². The Kier molecular flexibility index (Phi) is 6.99. The molecule has 1 atom stereocenters. The molecule has 2 aromatic carbocycles. The first-order valence-corrected chi connectivity index (χ1v) is 13.2. The summed E-state index contributed by atoms with van der Waals surface area (Å²) in [5.74, 6) is 2.91. The van der Waals surface area contributed by atoms with Crippen LogP contribution in [0.15, 0.2) is 47.0 Å². The summed E-state index contributed by atoms with van der Waals surface area (Å²) in [7, 11) is 0. The molecular formula is C27H30ClN5O4. The number of halogens is 1. The van der Waals surface area contributed by atoms with Crippen LogP contribution in [0.25, 0.3) is 11.4 Å². The molecule has 0 N–H and O–H groups in total. The van der Waals surface area contributed by atoms with E-state index in [-0.39, 0.29) is 18.6 Å². The molecule has 0 aliphatic carbocycles. The third-order valence-electron chi connectivity index (χ3n) is 7.32. The summed E-state index contributed by atoms with van der Waals surface area (Å²) in [6, 6.07) is 13.6. The van der Waals surface area contributed by atoms with E-state index in [0.717, 1.165) is 69.2 Å². The predicted molar refractivity (Wildman–Crippen MR) is 137 cm³/mol. The molecule has 2 saturated heterocycles. The molecule has 1 unspecified atom stereocenters. The van der Waals surface area contributed by atoms with E-state index in [1.54, 1.807) is 0 Å². The Morgan fingerprint density at radius 3 is 2.68 bits per heavy atom. The van der Waals surface area contributed by atoms with Gasteiger partial charge in [-0.05, 0) is 49.2 Å². The van der Waals surface area contributed by atoms with Gasteiger partial charge in [-0.3, -0.25) is 14.6 Å². The fraction of sp³-hybridized carbons (Fsp3) is 0.444. The highest BCUT2D eigenvalue weighted by atomic mass is 35.5. The van der Waals surface area contributed by atoms with Gasteiger partial charge in [0, 0.05) is 44.8 Å². The third-order valence-corrected chi connectivity index (χ3v) is 7.65. The summed E-state index contributed by atoms with van der Waals surface area (Å²) >= 11 is 6.27. The van der Waals surface area contributed by atoms with Crippen molar-refractivity contribution in [2.75, 3.05) is 46.1 Å². The predicted octanol–water partition coefficient (Wildman–Crippen LogP) is 3.68. The highest BCUT2D eigenvalue weighted by Gasteiger charge is 2.32. The third kappa shape index (κ3) is 5.44. The molecule has 2 fully saturated rings. The van der Waals surface area contributed by atoms with Gasteiger partial charge in [0.25, 0.3) is 0 Å². The zero-order valence-electron chi connectivity index (χ0n) is 20.6. The van der Waals surface area contributed by atoms with Crippen LogP contribution < -0.4 is 9.47 Å². The van der Waals surface area contributed by atoms with Gasteiger partial charge in [0.1, 0.15) is 0 Å². The highest BCUT2D eigenvalue weighted by Crippen LogP contribution is 2.33. The van der Waals surface area contributed by atoms with E-state index in [4.69, 9.17) is 25.6 Å². The quantitative estimate of drug-likeness (QED) is 0.484. The maximum Gasteiger partial charge on any atom is 0.241 e. The number of piperazine rings is 1. The van der Waals surface area contributed by atoms with Crippen LogP contribution in [0.2, 0.25) is 5.02 Å². The first kappa shape index (κ1) is 24.2. The summed E-state index contributed by atoms with van der Waals surface area (Å²) < 4.78 is 16.4. The number of nitrogens with zero attached hydrogens (tertiary/aromatic N) is 5. The Hall–Kier alpha value is -3.14. The maximum atomic E-state index is 13.4. The number of likely N-dealkylation sites (tertiary alicyclic amines) is 1. The number of benzene rings is 2. The fourth-order valence-corrected chi connectivity index (χ4v) is 5.57. The minimum atomic E-state index is 0.000110. The molecule has 1 aromatic heterocycles. The average Bonchev–Trinajstić information content (AvgIpc) is 3.58. The molecule has 3 aromatic rings. The number of fused-ring (bicyclic) bond motifs is 1. The van der Waals surface area contributed by atoms with Gasteiger partial charge in [0.05, 0.1) is 17.5 Å². The van der Waals surface area contributed by atoms with E-state index < -0.39 is 0 Å². The number of rotatable bonds is 6. The number of ether oxygens (including phenoxy) is 2. The molecule has 1 amide bonds. The van der Waals surface area contributed by atoms with Gasteiger partial charge in [-0.2, -0.15) is 4.98 Å². The van der Waals surface area contributed by atoms with Crippen molar-refractivity contribution in [3.63, 3.8) is 0 Å². The van der Waals surface area contributed by atoms with E-state index in [2.05, 4.69) is 32.1 Å². The largest absolute Gasteiger partial charge is 0.454 e. The van der Waals surface area contributed by atoms with Gasteiger partial charge in [0.2, 0.25) is 24.4 Å². The number of hydrogen-bond acceptors (Lipinski definition) is 8. The highest BCUT2D eigenvalue weighted by molar-refractivity contribution is 6.33. The lowest BCUT2D eigenvalue weighted by Gasteiger charge is -2.38. The fourth-order valence-electron chi connectivity index (χ4n) is 5.35. The topological polar surface area (TPSA) is 84.2 Å². The Morgan fingerprint density at radius 2 is 1.81 bits per heavy atom. The van der Waals surface area contributed by atoms with Crippen LogP contribution in [0.5, 0.6) is 11.5 Å². The molecule has 3 aliphatic heterocycles. The number of aromatic nitrogens is 2. The summed E-state index contributed by atoms with van der Waals surface area (Å²) in [6.45, 7) is 6.52. The Balaban J connectivity index is 1.00. The molecule has 0 bridgehead atoms. The van der Waals surface area contributed by atoms with E-state index in [1.165, 1.54) is 5.56 Å². The van der Waals surface area contributed by atoms with Crippen molar-refractivity contribution in [1.82, 2.24) is 24.8 Å². The van der Waals surface area contributed by atoms with Gasteiger partial charge in [-0.15, -0.1) is 0 Å². The molecular weight excluding hydrogens is 494 g/mol. The van der Waals surface area contributed by atoms with Crippen LogP contribution in [0.3, 0.4) is 0 Å². The number of piperidine rings is 1. The molecule has 10 heteroatoms. The monoisotopic (exact) mass is 523 g/mol. The standard InChI is InChI=1S/C27H30ClN5O4/c28-22-6-2-1-5-21(22)26-29-25(37-30-26)17-32-9-3-4-20(16-32)27(34)33-12-10-31(11-13-33)15-19-7-8-23-24(14-19)36-18-35-23/h1-2,5-8,14,20H,3-4,9-13,15-18H2. The molecule has 194 valence electrons. The van der Waals surface area contributed by atoms with Crippen LogP contribution in [0.1, 0.15) is 24.3 Å². The number of carbonyl (C=O) groups excluding carboxylic acids is 1. The van der Waals surface area contributed by atoms with E-state index in [1.807, 2.05) is 35.2 Å². The number of carbonyl (C=O) groups is 1. The van der Waals surface area contributed by atoms with Crippen LogP contribution in [-0.2, 0) is 17.9 Å². The molecule has 0 spiro atoms. The maximum absolute atomic E-state index is 13.4. The smallest absolute Gasteiger partial charge is 0.241 e. The minimum absolute atomic E-state index is 0.000110. The molecule has 37 heavy (non-hydrogen) atoms. The molecule has 9 nitrogen and oxygen atoms in total. The lowest BCUT2D eigenvalue weighted by molar-refractivity contribution is -0.139. The van der Waals surface area contributed by atoms with Crippen molar-refractivity contribution in [1.29, 1.82) is 0 Å². The van der Waals surface area contributed by atoms with Crippen molar-refractivity contribution in [3.05, 3.63) is 58.9 Å². The summed E-state index contributed by atoms with van der Waals surface area (Å²) in [5.41, 5.74) is 1.95. The first-order chi connectivity index (χ1) is 18.1. The van der Waals surface area contributed by atoms with E-state index in [9.17, 15) is 4.79 Å². The second-order valence-electron chi connectivity index (χ2n) is 9.85. The zero-order valence-corrected chi connectivity index (χ0v) is 21.4. The van der Waals surface area contributed by atoms with Crippen LogP contribution in [0.4, 0.5) is 0 Å². The molecule has 0 radical (unpaired) electrons. The molecule has 4 heterocycles. The van der Waals surface area contributed by atoms with Gasteiger partial charge in [0.15, 0.2) is 11.5 Å². The molecule has 0 saturated carbocycles. The SMILES string of the molecule is O=C(C1CCCN(Cc2nc(-c3ccccc3Cl)no2)C1)N1CCN(Cc2ccc3c(c2)OCO3)CC1. The molecule has 6 rings (SSSR count). The van der Waals surface area contributed by atoms with Crippen molar-refractivity contribution in [3.8, 4) is 22.9 Å². The second kappa shape index (κ2) is 10.7. The normalized spacial score (nSPS) is 20.4. The van der Waals surface area contributed by atoms with Crippen molar-refractivity contribution in [2.45, 2.75) is 25.9 Å². The van der Waals surface area contributed by atoms with E-state index in [0.29, 0.717) is 29.8 Å². The van der Waals surface area contributed by atoms with Crippen LogP contribution in [0, 0.1) is 5.92 Å². The Labute approximate surface area is 220 Å². The Morgan fingerprint density at radius 1 is 0.973 bits per heavy atom. The van der Waals surface area contributed by atoms with Gasteiger partial charge in [-0.25, -0.2) is 0 Å². The van der Waals surface area contributed by atoms with Gasteiger partial charge < -0.3 is 18.9 Å². The Bertz CT molecular complexity index is 1260. The number of hydrogen-bond donors (Lipinski definition) is 0. The number of amides is 1. The van der Waals surface area contributed by atoms with Crippen LogP contribution in [-0.4, -0.2) is 76.8 Å². The second-order valence-corrected chi connectivity index (χ2v) is 10.3. The summed E-state index contributed by atoms with van der Waals surface area (Å²) in [6.07, 6.45) is 1.90.